The van der Waals surface area contributed by atoms with Gasteiger partial charge in [0, 0.05) is 42.6 Å². The SMILES string of the molecule is Cc1noc2nc(C(C)C)cc(C(=O)N3CCN(c4cccc(Cl)c4)CC3)c12. The van der Waals surface area contributed by atoms with Crippen molar-refractivity contribution in [2.75, 3.05) is 31.1 Å². The van der Waals surface area contributed by atoms with E-state index in [9.17, 15) is 4.79 Å². The maximum Gasteiger partial charge on any atom is 0.259 e. The highest BCUT2D eigenvalue weighted by Gasteiger charge is 2.26. The number of piperazine rings is 1. The van der Waals surface area contributed by atoms with Crippen molar-refractivity contribution in [1.82, 2.24) is 15.0 Å². The molecule has 1 aliphatic rings. The van der Waals surface area contributed by atoms with Crippen molar-refractivity contribution in [3.63, 3.8) is 0 Å². The van der Waals surface area contributed by atoms with E-state index in [2.05, 4.69) is 28.9 Å². The average Bonchev–Trinajstić information content (AvgIpc) is 3.08. The van der Waals surface area contributed by atoms with Crippen LogP contribution in [-0.4, -0.2) is 47.1 Å². The molecule has 28 heavy (non-hydrogen) atoms. The summed E-state index contributed by atoms with van der Waals surface area (Å²) in [4.78, 5) is 22.0. The van der Waals surface area contributed by atoms with Gasteiger partial charge in [-0.05, 0) is 37.1 Å². The fourth-order valence-corrected chi connectivity index (χ4v) is 3.77. The number of amides is 1. The van der Waals surface area contributed by atoms with Crippen LogP contribution in [0.3, 0.4) is 0 Å². The minimum absolute atomic E-state index is 0.00587. The Kier molecular flexibility index (Phi) is 4.98. The number of anilines is 1. The molecule has 4 rings (SSSR count). The summed E-state index contributed by atoms with van der Waals surface area (Å²) in [6.45, 7) is 8.77. The molecule has 6 nitrogen and oxygen atoms in total. The third-order valence-corrected chi connectivity index (χ3v) is 5.43. The predicted octanol–water partition coefficient (Wildman–Crippen LogP) is 4.27. The Morgan fingerprint density at radius 2 is 1.93 bits per heavy atom. The third kappa shape index (κ3) is 3.44. The van der Waals surface area contributed by atoms with E-state index in [1.165, 1.54) is 0 Å². The molecular weight excluding hydrogens is 376 g/mol. The van der Waals surface area contributed by atoms with Gasteiger partial charge in [0.1, 0.15) is 0 Å². The summed E-state index contributed by atoms with van der Waals surface area (Å²) in [5.41, 5.74) is 3.68. The summed E-state index contributed by atoms with van der Waals surface area (Å²) in [6.07, 6.45) is 0. The number of pyridine rings is 1. The van der Waals surface area contributed by atoms with E-state index in [0.717, 1.165) is 29.5 Å². The van der Waals surface area contributed by atoms with Gasteiger partial charge in [-0.3, -0.25) is 4.79 Å². The lowest BCUT2D eigenvalue weighted by atomic mass is 10.0. The normalized spacial score (nSPS) is 14.9. The average molecular weight is 399 g/mol. The highest BCUT2D eigenvalue weighted by atomic mass is 35.5. The number of aryl methyl sites for hydroxylation is 1. The number of carbonyl (C=O) groups excluding carboxylic acids is 1. The van der Waals surface area contributed by atoms with E-state index < -0.39 is 0 Å². The van der Waals surface area contributed by atoms with Gasteiger partial charge < -0.3 is 14.3 Å². The van der Waals surface area contributed by atoms with Crippen molar-refractivity contribution in [3.8, 4) is 0 Å². The molecule has 146 valence electrons. The van der Waals surface area contributed by atoms with Crippen LogP contribution in [0, 0.1) is 6.92 Å². The molecule has 1 aromatic carbocycles. The van der Waals surface area contributed by atoms with Gasteiger partial charge in [0.05, 0.1) is 16.6 Å². The number of hydrogen-bond acceptors (Lipinski definition) is 5. The van der Waals surface area contributed by atoms with E-state index in [-0.39, 0.29) is 11.8 Å². The first-order valence-corrected chi connectivity index (χ1v) is 9.88. The van der Waals surface area contributed by atoms with Crippen LogP contribution in [-0.2, 0) is 0 Å². The Morgan fingerprint density at radius 3 is 2.61 bits per heavy atom. The molecule has 0 bridgehead atoms. The number of halogens is 1. The van der Waals surface area contributed by atoms with Crippen LogP contribution in [0.15, 0.2) is 34.9 Å². The largest absolute Gasteiger partial charge is 0.368 e. The first kappa shape index (κ1) is 18.7. The highest BCUT2D eigenvalue weighted by Crippen LogP contribution is 2.27. The summed E-state index contributed by atoms with van der Waals surface area (Å²) >= 11 is 6.11. The molecule has 3 heterocycles. The molecule has 2 aromatic heterocycles. The fourth-order valence-electron chi connectivity index (χ4n) is 3.59. The molecule has 0 aliphatic carbocycles. The van der Waals surface area contributed by atoms with Gasteiger partial charge in [0.2, 0.25) is 0 Å². The summed E-state index contributed by atoms with van der Waals surface area (Å²) in [5.74, 6) is 0.201. The number of nitrogens with zero attached hydrogens (tertiary/aromatic N) is 4. The number of benzene rings is 1. The van der Waals surface area contributed by atoms with Crippen LogP contribution in [0.2, 0.25) is 5.02 Å². The van der Waals surface area contributed by atoms with Crippen LogP contribution >= 0.6 is 11.6 Å². The second kappa shape index (κ2) is 7.43. The molecule has 1 amide bonds. The monoisotopic (exact) mass is 398 g/mol. The van der Waals surface area contributed by atoms with Crippen molar-refractivity contribution in [2.24, 2.45) is 0 Å². The van der Waals surface area contributed by atoms with Crippen molar-refractivity contribution in [1.29, 1.82) is 0 Å². The molecule has 1 aliphatic heterocycles. The van der Waals surface area contributed by atoms with E-state index in [1.54, 1.807) is 0 Å². The third-order valence-electron chi connectivity index (χ3n) is 5.20. The number of carbonyl (C=O) groups is 1. The second-order valence-corrected chi connectivity index (χ2v) is 7.89. The molecule has 0 radical (unpaired) electrons. The lowest BCUT2D eigenvalue weighted by Gasteiger charge is -2.36. The van der Waals surface area contributed by atoms with Crippen LogP contribution in [0.4, 0.5) is 5.69 Å². The molecule has 1 saturated heterocycles. The van der Waals surface area contributed by atoms with Gasteiger partial charge in [-0.15, -0.1) is 0 Å². The smallest absolute Gasteiger partial charge is 0.259 e. The zero-order valence-corrected chi connectivity index (χ0v) is 17.0. The van der Waals surface area contributed by atoms with Crippen molar-refractivity contribution in [3.05, 3.63) is 52.3 Å². The summed E-state index contributed by atoms with van der Waals surface area (Å²) in [6, 6.07) is 9.72. The number of fused-ring (bicyclic) bond motifs is 1. The minimum atomic E-state index is 0.00587. The first-order chi connectivity index (χ1) is 13.4. The molecule has 3 aromatic rings. The van der Waals surface area contributed by atoms with Crippen LogP contribution < -0.4 is 4.90 Å². The summed E-state index contributed by atoms with van der Waals surface area (Å²) in [5, 5.41) is 5.45. The van der Waals surface area contributed by atoms with E-state index in [4.69, 9.17) is 16.1 Å². The lowest BCUT2D eigenvalue weighted by molar-refractivity contribution is 0.0748. The Morgan fingerprint density at radius 1 is 1.18 bits per heavy atom. The Labute approximate surface area is 169 Å². The zero-order valence-electron chi connectivity index (χ0n) is 16.3. The van der Waals surface area contributed by atoms with E-state index >= 15 is 0 Å². The first-order valence-electron chi connectivity index (χ1n) is 9.50. The molecule has 1 fully saturated rings. The van der Waals surface area contributed by atoms with Gasteiger partial charge >= 0.3 is 0 Å². The van der Waals surface area contributed by atoms with Crippen molar-refractivity contribution < 1.29 is 9.32 Å². The Balaban J connectivity index is 1.58. The Hall–Kier alpha value is -2.60. The molecule has 0 spiro atoms. The number of rotatable bonds is 3. The van der Waals surface area contributed by atoms with E-state index in [1.807, 2.05) is 42.2 Å². The summed E-state index contributed by atoms with van der Waals surface area (Å²) in [7, 11) is 0. The van der Waals surface area contributed by atoms with Gasteiger partial charge in [-0.1, -0.05) is 36.7 Å². The van der Waals surface area contributed by atoms with Crippen molar-refractivity contribution >= 4 is 34.3 Å². The van der Waals surface area contributed by atoms with Crippen LogP contribution in [0.25, 0.3) is 11.1 Å². The molecule has 0 N–H and O–H groups in total. The standard InChI is InChI=1S/C21H23ClN4O2/c1-13(2)18-12-17(19-14(3)24-28-20(19)23-18)21(27)26-9-7-25(8-10-26)16-6-4-5-15(22)11-16/h4-6,11-13H,7-10H2,1-3H3. The quantitative estimate of drug-likeness (QED) is 0.659. The molecule has 0 saturated carbocycles. The van der Waals surface area contributed by atoms with Gasteiger partial charge in [0.25, 0.3) is 11.6 Å². The van der Waals surface area contributed by atoms with Gasteiger partial charge in [-0.25, -0.2) is 4.98 Å². The topological polar surface area (TPSA) is 62.5 Å². The number of aromatic nitrogens is 2. The number of hydrogen-bond donors (Lipinski definition) is 0. The van der Waals surface area contributed by atoms with Crippen molar-refractivity contribution in [2.45, 2.75) is 26.7 Å². The highest BCUT2D eigenvalue weighted by molar-refractivity contribution is 6.30. The van der Waals surface area contributed by atoms with Crippen LogP contribution in [0.5, 0.6) is 0 Å². The summed E-state index contributed by atoms with van der Waals surface area (Å²) < 4.78 is 5.35. The fraction of sp³-hybridized carbons (Fsp3) is 0.381. The minimum Gasteiger partial charge on any atom is -0.368 e. The maximum absolute atomic E-state index is 13.3. The molecule has 0 atom stereocenters. The zero-order chi connectivity index (χ0) is 19.8. The van der Waals surface area contributed by atoms with Gasteiger partial charge in [0.15, 0.2) is 0 Å². The van der Waals surface area contributed by atoms with Crippen LogP contribution in [0.1, 0.15) is 41.5 Å². The Bertz CT molecular complexity index is 1020. The lowest BCUT2D eigenvalue weighted by Crippen LogP contribution is -2.48. The molecular formula is C21H23ClN4O2. The maximum atomic E-state index is 13.3. The van der Waals surface area contributed by atoms with Gasteiger partial charge in [-0.2, -0.15) is 0 Å². The van der Waals surface area contributed by atoms with E-state index in [0.29, 0.717) is 35.4 Å². The molecule has 0 unspecified atom stereocenters. The second-order valence-electron chi connectivity index (χ2n) is 7.46. The molecule has 7 heteroatoms. The predicted molar refractivity (Wildman–Crippen MR) is 110 cm³/mol.